The molecule has 12 heavy (non-hydrogen) atoms. The molecule has 0 aliphatic heterocycles. The lowest BCUT2D eigenvalue weighted by Gasteiger charge is -2.16. The zero-order valence-electron chi connectivity index (χ0n) is 7.37. The van der Waals surface area contributed by atoms with Gasteiger partial charge in [-0.3, -0.25) is 4.79 Å². The van der Waals surface area contributed by atoms with Crippen LogP contribution in [-0.4, -0.2) is 23.5 Å². The fraction of sp³-hybridized carbons (Fsp3) is 0.500. The highest BCUT2D eigenvalue weighted by molar-refractivity contribution is 5.76. The molecule has 0 N–H and O–H groups in total. The van der Waals surface area contributed by atoms with Crippen LogP contribution in [0.3, 0.4) is 0 Å². The van der Waals surface area contributed by atoms with Crippen molar-refractivity contribution in [3.63, 3.8) is 0 Å². The number of nitrogens with zero attached hydrogens (tertiary/aromatic N) is 1. The Balaban J connectivity index is 3.93. The maximum absolute atomic E-state index is 10.8. The number of amides is 1. The van der Waals surface area contributed by atoms with Crippen molar-refractivity contribution in [3.05, 3.63) is 12.7 Å². The topological polar surface area (TPSA) is 46.6 Å². The summed E-state index contributed by atoms with van der Waals surface area (Å²) in [6, 6.07) is 0. The van der Waals surface area contributed by atoms with Gasteiger partial charge < -0.3 is 4.84 Å². The Morgan fingerprint density at radius 2 is 2.17 bits per heavy atom. The summed E-state index contributed by atoms with van der Waals surface area (Å²) in [5, 5.41) is 1.01. The van der Waals surface area contributed by atoms with Crippen LogP contribution < -0.4 is 0 Å². The van der Waals surface area contributed by atoms with Crippen LogP contribution in [0, 0.1) is 0 Å². The first-order valence-electron chi connectivity index (χ1n) is 3.71. The van der Waals surface area contributed by atoms with Crippen LogP contribution in [-0.2, 0) is 14.4 Å². The second kappa shape index (κ2) is 5.35. The Bertz CT molecular complexity index is 189. The van der Waals surface area contributed by atoms with E-state index in [0.29, 0.717) is 6.54 Å². The van der Waals surface area contributed by atoms with Gasteiger partial charge in [0.1, 0.15) is 0 Å². The van der Waals surface area contributed by atoms with Gasteiger partial charge >= 0.3 is 5.97 Å². The Labute approximate surface area is 71.8 Å². The largest absolute Gasteiger partial charge is 0.338 e. The van der Waals surface area contributed by atoms with Gasteiger partial charge in [0.2, 0.25) is 0 Å². The molecule has 68 valence electrons. The van der Waals surface area contributed by atoms with E-state index in [1.807, 2.05) is 0 Å². The Kier molecular flexibility index (Phi) is 4.76. The second-order valence-electron chi connectivity index (χ2n) is 2.17. The Hall–Kier alpha value is -1.32. The predicted octanol–water partition coefficient (Wildman–Crippen LogP) is 0.889. The van der Waals surface area contributed by atoms with E-state index in [9.17, 15) is 9.59 Å². The highest BCUT2D eigenvalue weighted by atomic mass is 16.7. The highest BCUT2D eigenvalue weighted by Crippen LogP contribution is 1.94. The first-order valence-corrected chi connectivity index (χ1v) is 3.71. The molecule has 0 unspecified atom stereocenters. The summed E-state index contributed by atoms with van der Waals surface area (Å²) in [5.74, 6) is -0.753. The fourth-order valence-electron chi connectivity index (χ4n) is 0.630. The minimum Gasteiger partial charge on any atom is -0.338 e. The molecule has 0 atom stereocenters. The van der Waals surface area contributed by atoms with Crippen LogP contribution in [0.4, 0.5) is 0 Å². The molecule has 0 spiro atoms. The molecule has 0 fully saturated rings. The molecule has 0 aliphatic carbocycles. The van der Waals surface area contributed by atoms with Crippen molar-refractivity contribution in [2.45, 2.75) is 20.3 Å². The SMILES string of the molecule is C=CCC(=O)ON(CC)C(C)=O. The monoisotopic (exact) mass is 171 g/mol. The van der Waals surface area contributed by atoms with Crippen molar-refractivity contribution in [1.29, 1.82) is 0 Å². The van der Waals surface area contributed by atoms with Crippen LogP contribution in [0.5, 0.6) is 0 Å². The van der Waals surface area contributed by atoms with Crippen molar-refractivity contribution in [3.8, 4) is 0 Å². The van der Waals surface area contributed by atoms with Gasteiger partial charge in [0.25, 0.3) is 5.91 Å². The summed E-state index contributed by atoms with van der Waals surface area (Å²) < 4.78 is 0. The fourth-order valence-corrected chi connectivity index (χ4v) is 0.630. The van der Waals surface area contributed by atoms with E-state index in [-0.39, 0.29) is 12.3 Å². The quantitative estimate of drug-likeness (QED) is 0.468. The third-order valence-electron chi connectivity index (χ3n) is 1.16. The average Bonchev–Trinajstić information content (AvgIpc) is 2.00. The molecule has 4 nitrogen and oxygen atoms in total. The number of rotatable bonds is 3. The third-order valence-corrected chi connectivity index (χ3v) is 1.16. The first-order chi connectivity index (χ1) is 5.61. The van der Waals surface area contributed by atoms with Crippen LogP contribution >= 0.6 is 0 Å². The van der Waals surface area contributed by atoms with E-state index in [1.54, 1.807) is 6.92 Å². The van der Waals surface area contributed by atoms with Gasteiger partial charge in [-0.05, 0) is 6.92 Å². The predicted molar refractivity (Wildman–Crippen MR) is 44.0 cm³/mol. The molecule has 0 heterocycles. The molecular formula is C8H13NO3. The van der Waals surface area contributed by atoms with Crippen LogP contribution in [0.2, 0.25) is 0 Å². The molecule has 0 rings (SSSR count). The average molecular weight is 171 g/mol. The van der Waals surface area contributed by atoms with Crippen molar-refractivity contribution in [1.82, 2.24) is 5.06 Å². The number of carbonyl (C=O) groups excluding carboxylic acids is 2. The maximum Gasteiger partial charge on any atom is 0.336 e. The van der Waals surface area contributed by atoms with Crippen LogP contribution in [0.25, 0.3) is 0 Å². The number of hydrogen-bond acceptors (Lipinski definition) is 3. The van der Waals surface area contributed by atoms with Crippen molar-refractivity contribution < 1.29 is 14.4 Å². The van der Waals surface area contributed by atoms with E-state index in [2.05, 4.69) is 11.4 Å². The molecule has 0 radical (unpaired) electrons. The summed E-state index contributed by atoms with van der Waals surface area (Å²) >= 11 is 0. The Morgan fingerprint density at radius 3 is 2.50 bits per heavy atom. The van der Waals surface area contributed by atoms with Crippen molar-refractivity contribution >= 4 is 11.9 Å². The molecule has 0 bridgehead atoms. The van der Waals surface area contributed by atoms with E-state index >= 15 is 0 Å². The number of hydrogen-bond donors (Lipinski definition) is 0. The standard InChI is InChI=1S/C8H13NO3/c1-4-6-8(11)12-9(5-2)7(3)10/h4H,1,5-6H2,2-3H3. The van der Waals surface area contributed by atoms with Gasteiger partial charge in [-0.15, -0.1) is 6.58 Å². The minimum absolute atomic E-state index is 0.115. The van der Waals surface area contributed by atoms with Gasteiger partial charge in [0, 0.05) is 6.92 Å². The van der Waals surface area contributed by atoms with Crippen LogP contribution in [0.15, 0.2) is 12.7 Å². The maximum atomic E-state index is 10.8. The van der Waals surface area contributed by atoms with Gasteiger partial charge in [-0.25, -0.2) is 4.79 Å². The normalized spacial score (nSPS) is 8.83. The lowest BCUT2D eigenvalue weighted by atomic mass is 10.4. The molecular weight excluding hydrogens is 158 g/mol. The number of hydroxylamine groups is 2. The Morgan fingerprint density at radius 1 is 1.58 bits per heavy atom. The molecule has 0 saturated heterocycles. The molecule has 4 heteroatoms. The molecule has 0 aliphatic rings. The lowest BCUT2D eigenvalue weighted by Crippen LogP contribution is -2.31. The van der Waals surface area contributed by atoms with Crippen molar-refractivity contribution in [2.75, 3.05) is 6.54 Å². The van der Waals surface area contributed by atoms with E-state index in [0.717, 1.165) is 5.06 Å². The van der Waals surface area contributed by atoms with Crippen LogP contribution in [0.1, 0.15) is 20.3 Å². The third kappa shape index (κ3) is 3.75. The van der Waals surface area contributed by atoms with Crippen molar-refractivity contribution in [2.24, 2.45) is 0 Å². The summed E-state index contributed by atoms with van der Waals surface area (Å²) in [6.45, 7) is 6.80. The van der Waals surface area contributed by atoms with E-state index in [4.69, 9.17) is 0 Å². The zero-order valence-corrected chi connectivity index (χ0v) is 7.37. The lowest BCUT2D eigenvalue weighted by molar-refractivity contribution is -0.195. The zero-order chi connectivity index (χ0) is 9.56. The molecule has 0 aromatic rings. The number of carbonyl (C=O) groups is 2. The highest BCUT2D eigenvalue weighted by Gasteiger charge is 2.10. The van der Waals surface area contributed by atoms with Gasteiger partial charge in [-0.2, -0.15) is 5.06 Å². The summed E-state index contributed by atoms with van der Waals surface area (Å²) in [4.78, 5) is 26.2. The summed E-state index contributed by atoms with van der Waals surface area (Å²) in [5.41, 5.74) is 0. The van der Waals surface area contributed by atoms with Gasteiger partial charge in [0.15, 0.2) is 0 Å². The molecule has 1 amide bonds. The van der Waals surface area contributed by atoms with E-state index in [1.165, 1.54) is 13.0 Å². The first kappa shape index (κ1) is 10.7. The second-order valence-corrected chi connectivity index (χ2v) is 2.17. The molecule has 0 aromatic heterocycles. The van der Waals surface area contributed by atoms with Gasteiger partial charge in [-0.1, -0.05) is 6.08 Å². The van der Waals surface area contributed by atoms with Gasteiger partial charge in [0.05, 0.1) is 13.0 Å². The van der Waals surface area contributed by atoms with E-state index < -0.39 is 5.97 Å². The minimum atomic E-state index is -0.470. The smallest absolute Gasteiger partial charge is 0.336 e. The summed E-state index contributed by atoms with van der Waals surface area (Å²) in [7, 11) is 0. The molecule has 0 saturated carbocycles. The molecule has 0 aromatic carbocycles. The summed E-state index contributed by atoms with van der Waals surface area (Å²) in [6.07, 6.45) is 1.54.